The number of hydrogen-bond donors (Lipinski definition) is 5. The van der Waals surface area contributed by atoms with Crippen molar-refractivity contribution in [2.75, 3.05) is 16.6 Å². The molecule has 0 radical (unpaired) electrons. The predicted octanol–water partition coefficient (Wildman–Crippen LogP) is 2.64. The second kappa shape index (κ2) is 10.6. The Hall–Kier alpha value is -2.90. The number of nitrogens with zero attached hydrogens (tertiary/aromatic N) is 1. The van der Waals surface area contributed by atoms with Crippen LogP contribution in [0.1, 0.15) is 47.0 Å². The number of aliphatic hydroxyl groups is 1. The van der Waals surface area contributed by atoms with E-state index in [0.29, 0.717) is 19.4 Å². The lowest BCUT2D eigenvalue weighted by Gasteiger charge is -2.30. The fraction of sp³-hybridized carbons (Fsp3) is 0.478. The molecule has 11 nitrogen and oxygen atoms in total. The highest BCUT2D eigenvalue weighted by molar-refractivity contribution is 7.96. The highest BCUT2D eigenvalue weighted by Crippen LogP contribution is 2.42. The lowest BCUT2D eigenvalue weighted by atomic mass is 9.94. The van der Waals surface area contributed by atoms with Crippen LogP contribution in [-0.2, 0) is 30.7 Å². The van der Waals surface area contributed by atoms with Crippen molar-refractivity contribution in [3.05, 3.63) is 40.1 Å². The van der Waals surface area contributed by atoms with E-state index in [4.69, 9.17) is 10.3 Å². The smallest absolute Gasteiger partial charge is 0.262 e. The number of carbonyl (C=O) groups excluding carboxylic acids is 2. The molecule has 13 heteroatoms. The summed E-state index contributed by atoms with van der Waals surface area (Å²) in [6.45, 7) is 8.26. The minimum Gasteiger partial charge on any atom is -0.509 e. The van der Waals surface area contributed by atoms with Crippen molar-refractivity contribution < 1.29 is 31.9 Å². The Morgan fingerprint density at radius 1 is 1.28 bits per heavy atom. The molecule has 0 aliphatic carbocycles. The summed E-state index contributed by atoms with van der Waals surface area (Å²) in [5.41, 5.74) is 4.86. The summed E-state index contributed by atoms with van der Waals surface area (Å²) in [7, 11) is -4.56. The van der Waals surface area contributed by atoms with Gasteiger partial charge in [0.15, 0.2) is 4.91 Å². The van der Waals surface area contributed by atoms with Crippen LogP contribution in [0.3, 0.4) is 0 Å². The van der Waals surface area contributed by atoms with Gasteiger partial charge in [0.2, 0.25) is 9.84 Å². The minimum absolute atomic E-state index is 0.0135. The molecule has 0 aromatic heterocycles. The van der Waals surface area contributed by atoms with E-state index >= 15 is 0 Å². The van der Waals surface area contributed by atoms with Gasteiger partial charge in [-0.15, -0.1) is 0 Å². The summed E-state index contributed by atoms with van der Waals surface area (Å²) >= 11 is -2.46. The summed E-state index contributed by atoms with van der Waals surface area (Å²) in [5, 5.41) is 14.1. The Morgan fingerprint density at radius 3 is 2.50 bits per heavy atom. The zero-order valence-electron chi connectivity index (χ0n) is 20.6. The number of primary amides is 1. The average Bonchev–Trinajstić information content (AvgIpc) is 3.00. The number of aliphatic hydroxyl groups excluding tert-OH is 1. The monoisotopic (exact) mass is 540 g/mol. The van der Waals surface area contributed by atoms with E-state index in [1.807, 2.05) is 27.7 Å². The molecule has 0 bridgehead atoms. The van der Waals surface area contributed by atoms with Gasteiger partial charge >= 0.3 is 0 Å². The van der Waals surface area contributed by atoms with Crippen molar-refractivity contribution in [2.45, 2.75) is 57.9 Å². The summed E-state index contributed by atoms with van der Waals surface area (Å²) in [6, 6.07) is 3.08. The van der Waals surface area contributed by atoms with Gasteiger partial charge < -0.3 is 21.1 Å². The SMILES string of the molecule is CCCC(C)C1C(O)=C(C2=C(C(N)=O)S(=O)(=O)c3cc(NS(=O)O)ccc3N2)C(=O)N1CCC(C)C. The molecular weight excluding hydrogens is 508 g/mol. The molecular formula is C23H32N4O7S2. The Labute approximate surface area is 213 Å². The summed E-state index contributed by atoms with van der Waals surface area (Å²) < 4.78 is 49.3. The molecule has 3 unspecified atom stereocenters. The molecule has 36 heavy (non-hydrogen) atoms. The van der Waals surface area contributed by atoms with Gasteiger partial charge in [-0.1, -0.05) is 34.1 Å². The first-order chi connectivity index (χ1) is 16.8. The predicted molar refractivity (Wildman–Crippen MR) is 137 cm³/mol. The molecule has 2 aliphatic rings. The molecule has 1 aromatic carbocycles. The third-order valence-electron chi connectivity index (χ3n) is 6.28. The molecule has 2 amide bonds. The quantitative estimate of drug-likeness (QED) is 0.281. The topological polar surface area (TPSA) is 179 Å². The highest BCUT2D eigenvalue weighted by atomic mass is 32.2. The maximum atomic E-state index is 13.6. The number of benzene rings is 1. The van der Waals surface area contributed by atoms with Gasteiger partial charge in [-0.3, -0.25) is 18.9 Å². The first kappa shape index (κ1) is 27.7. The van der Waals surface area contributed by atoms with Crippen LogP contribution in [-0.4, -0.2) is 51.6 Å². The largest absolute Gasteiger partial charge is 0.509 e. The molecule has 0 saturated carbocycles. The number of sulfone groups is 1. The van der Waals surface area contributed by atoms with Crippen molar-refractivity contribution in [3.8, 4) is 0 Å². The number of nitrogens with two attached hydrogens (primary N) is 1. The van der Waals surface area contributed by atoms with Crippen molar-refractivity contribution in [2.24, 2.45) is 17.6 Å². The Morgan fingerprint density at radius 2 is 1.94 bits per heavy atom. The molecule has 0 fully saturated rings. The van der Waals surface area contributed by atoms with Gasteiger partial charge in [0, 0.05) is 12.2 Å². The van der Waals surface area contributed by atoms with Crippen LogP contribution >= 0.6 is 0 Å². The molecule has 1 aromatic rings. The van der Waals surface area contributed by atoms with Crippen molar-refractivity contribution in [1.29, 1.82) is 0 Å². The molecule has 3 atom stereocenters. The molecule has 0 saturated heterocycles. The second-order valence-corrected chi connectivity index (χ2v) is 12.0. The van der Waals surface area contributed by atoms with E-state index in [1.54, 1.807) is 0 Å². The first-order valence-electron chi connectivity index (χ1n) is 11.6. The Kier molecular flexibility index (Phi) is 8.16. The van der Waals surface area contributed by atoms with E-state index in [2.05, 4.69) is 10.0 Å². The zero-order valence-corrected chi connectivity index (χ0v) is 22.2. The van der Waals surface area contributed by atoms with E-state index < -0.39 is 43.9 Å². The van der Waals surface area contributed by atoms with Crippen molar-refractivity contribution >= 4 is 44.3 Å². The third kappa shape index (κ3) is 5.13. The number of carbonyl (C=O) groups is 2. The normalized spacial score (nSPS) is 20.9. The molecule has 198 valence electrons. The van der Waals surface area contributed by atoms with Crippen LogP contribution < -0.4 is 15.8 Å². The minimum atomic E-state index is -4.56. The molecule has 2 aliphatic heterocycles. The van der Waals surface area contributed by atoms with Gasteiger partial charge in [-0.2, -0.15) is 0 Å². The van der Waals surface area contributed by atoms with E-state index in [0.717, 1.165) is 12.5 Å². The number of nitrogens with one attached hydrogen (secondary N) is 2. The van der Waals surface area contributed by atoms with E-state index in [-0.39, 0.29) is 45.1 Å². The lowest BCUT2D eigenvalue weighted by molar-refractivity contribution is -0.127. The van der Waals surface area contributed by atoms with Crippen molar-refractivity contribution in [3.63, 3.8) is 0 Å². The van der Waals surface area contributed by atoms with Crippen LogP contribution in [0, 0.1) is 11.8 Å². The van der Waals surface area contributed by atoms with Gasteiger partial charge in [-0.05, 0) is 42.9 Å². The second-order valence-electron chi connectivity index (χ2n) is 9.41. The number of fused-ring (bicyclic) bond motifs is 1. The average molecular weight is 541 g/mol. The number of amides is 2. The van der Waals surface area contributed by atoms with Crippen LogP contribution in [0.25, 0.3) is 0 Å². The first-order valence-corrected chi connectivity index (χ1v) is 14.2. The number of anilines is 2. The van der Waals surface area contributed by atoms with E-state index in [9.17, 15) is 27.3 Å². The summed E-state index contributed by atoms with van der Waals surface area (Å²) in [4.78, 5) is 26.4. The number of rotatable bonds is 10. The maximum absolute atomic E-state index is 13.6. The van der Waals surface area contributed by atoms with Crippen LogP contribution in [0.15, 0.2) is 45.0 Å². The summed E-state index contributed by atoms with van der Waals surface area (Å²) in [6.07, 6.45) is 2.20. The molecule has 0 spiro atoms. The summed E-state index contributed by atoms with van der Waals surface area (Å²) in [5.74, 6) is -2.04. The maximum Gasteiger partial charge on any atom is 0.262 e. The van der Waals surface area contributed by atoms with Crippen LogP contribution in [0.4, 0.5) is 11.4 Å². The lowest BCUT2D eigenvalue weighted by Crippen LogP contribution is -2.41. The van der Waals surface area contributed by atoms with Gasteiger partial charge in [0.1, 0.15) is 11.3 Å². The van der Waals surface area contributed by atoms with Crippen LogP contribution in [0.5, 0.6) is 0 Å². The molecule has 3 rings (SSSR count). The fourth-order valence-electron chi connectivity index (χ4n) is 4.62. The molecule has 6 N–H and O–H groups in total. The van der Waals surface area contributed by atoms with Gasteiger partial charge in [0.25, 0.3) is 23.1 Å². The standard InChI is InChI=1S/C23H32N4O7S2/c1-5-6-13(4)19-20(28)17(23(30)27(19)10-9-12(2)3)18-21(22(24)29)36(33,34)16-11-14(26-35(31)32)7-8-15(16)25-18/h7-8,11-13,19,25-26,28H,5-6,9-10H2,1-4H3,(H2,24,29)(H,31,32). The fourth-order valence-corrected chi connectivity index (χ4v) is 6.54. The van der Waals surface area contributed by atoms with Gasteiger partial charge in [0.05, 0.1) is 22.3 Å². The van der Waals surface area contributed by atoms with E-state index in [1.165, 1.54) is 17.0 Å². The third-order valence-corrected chi connectivity index (χ3v) is 8.55. The Balaban J connectivity index is 2.20. The van der Waals surface area contributed by atoms with Crippen molar-refractivity contribution in [1.82, 2.24) is 4.90 Å². The van der Waals surface area contributed by atoms with Gasteiger partial charge in [-0.25, -0.2) is 12.6 Å². The van der Waals surface area contributed by atoms with Crippen LogP contribution in [0.2, 0.25) is 0 Å². The Bertz CT molecular complexity index is 1270. The highest BCUT2D eigenvalue weighted by Gasteiger charge is 2.47. The number of hydrogen-bond acceptors (Lipinski definition) is 7. The molecule has 2 heterocycles. The zero-order chi connectivity index (χ0) is 26.9.